The third-order valence-electron chi connectivity index (χ3n) is 2.35. The minimum absolute atomic E-state index is 0.392. The largest absolute Gasteiger partial charge is 0.389 e. The minimum Gasteiger partial charge on any atom is -0.389 e. The molecule has 92 valence electrons. The SMILES string of the molecule is C#CCSCCNCC(O)COCC1CC1. The summed E-state index contributed by atoms with van der Waals surface area (Å²) in [7, 11) is 0. The highest BCUT2D eigenvalue weighted by Crippen LogP contribution is 2.28. The number of hydrogen-bond acceptors (Lipinski definition) is 4. The summed E-state index contributed by atoms with van der Waals surface area (Å²) in [5, 5.41) is 12.7. The maximum Gasteiger partial charge on any atom is 0.0897 e. The Balaban J connectivity index is 1.78. The van der Waals surface area contributed by atoms with Crippen molar-refractivity contribution in [1.82, 2.24) is 5.32 Å². The highest BCUT2D eigenvalue weighted by atomic mass is 32.2. The molecule has 0 aromatic heterocycles. The van der Waals surface area contributed by atoms with E-state index in [4.69, 9.17) is 11.2 Å². The third-order valence-corrected chi connectivity index (χ3v) is 3.21. The molecule has 0 amide bonds. The number of ether oxygens (including phenoxy) is 1. The maximum atomic E-state index is 9.56. The second-order valence-corrected chi connectivity index (χ2v) is 5.20. The fourth-order valence-electron chi connectivity index (χ4n) is 1.26. The predicted molar refractivity (Wildman–Crippen MR) is 68.6 cm³/mol. The molecular weight excluding hydrogens is 222 g/mol. The standard InChI is InChI=1S/C12H21NO2S/c1-2-6-16-7-5-13-8-12(14)10-15-9-11-3-4-11/h1,11-14H,3-10H2. The molecule has 0 spiro atoms. The van der Waals surface area contributed by atoms with Crippen LogP contribution in [0.15, 0.2) is 0 Å². The van der Waals surface area contributed by atoms with E-state index in [2.05, 4.69) is 11.2 Å². The van der Waals surface area contributed by atoms with Gasteiger partial charge in [-0.15, -0.1) is 18.2 Å². The molecule has 1 atom stereocenters. The zero-order chi connectivity index (χ0) is 11.6. The molecule has 0 heterocycles. The van der Waals surface area contributed by atoms with Crippen LogP contribution < -0.4 is 5.32 Å². The summed E-state index contributed by atoms with van der Waals surface area (Å²) in [4.78, 5) is 0. The first-order valence-electron chi connectivity index (χ1n) is 5.80. The van der Waals surface area contributed by atoms with Crippen LogP contribution in [0.4, 0.5) is 0 Å². The van der Waals surface area contributed by atoms with E-state index in [1.807, 2.05) is 0 Å². The summed E-state index contributed by atoms with van der Waals surface area (Å²) in [5.74, 6) is 5.09. The molecule has 1 unspecified atom stereocenters. The molecule has 1 fully saturated rings. The van der Waals surface area contributed by atoms with Crippen LogP contribution in [0.3, 0.4) is 0 Å². The van der Waals surface area contributed by atoms with E-state index >= 15 is 0 Å². The van der Waals surface area contributed by atoms with Crippen LogP contribution >= 0.6 is 11.8 Å². The van der Waals surface area contributed by atoms with Crippen LogP contribution in [0.2, 0.25) is 0 Å². The van der Waals surface area contributed by atoms with Crippen LogP contribution in [0.25, 0.3) is 0 Å². The summed E-state index contributed by atoms with van der Waals surface area (Å²) in [6.45, 7) is 2.74. The van der Waals surface area contributed by atoms with Crippen molar-refractivity contribution in [2.45, 2.75) is 18.9 Å². The van der Waals surface area contributed by atoms with Crippen LogP contribution in [0, 0.1) is 18.3 Å². The average molecular weight is 243 g/mol. The second kappa shape index (κ2) is 8.89. The van der Waals surface area contributed by atoms with Crippen molar-refractivity contribution < 1.29 is 9.84 Å². The number of hydrogen-bond donors (Lipinski definition) is 2. The molecule has 1 rings (SSSR count). The van der Waals surface area contributed by atoms with Crippen molar-refractivity contribution in [3.8, 4) is 12.3 Å². The zero-order valence-electron chi connectivity index (χ0n) is 9.65. The smallest absolute Gasteiger partial charge is 0.0897 e. The number of aliphatic hydroxyl groups excluding tert-OH is 1. The first-order valence-corrected chi connectivity index (χ1v) is 6.96. The van der Waals surface area contributed by atoms with Crippen LogP contribution in [0.1, 0.15) is 12.8 Å². The lowest BCUT2D eigenvalue weighted by molar-refractivity contribution is 0.0328. The number of thioether (sulfide) groups is 1. The molecule has 0 saturated heterocycles. The number of rotatable bonds is 10. The Bertz CT molecular complexity index is 214. The lowest BCUT2D eigenvalue weighted by atomic mass is 10.3. The first-order chi connectivity index (χ1) is 7.83. The topological polar surface area (TPSA) is 41.5 Å². The summed E-state index contributed by atoms with van der Waals surface area (Å²) >= 11 is 1.72. The number of aliphatic hydroxyl groups is 1. The maximum absolute atomic E-state index is 9.56. The third kappa shape index (κ3) is 8.00. The van der Waals surface area contributed by atoms with Crippen LogP contribution in [-0.4, -0.2) is 49.0 Å². The van der Waals surface area contributed by atoms with E-state index in [0.29, 0.717) is 13.2 Å². The Morgan fingerprint density at radius 1 is 1.56 bits per heavy atom. The van der Waals surface area contributed by atoms with E-state index in [1.165, 1.54) is 12.8 Å². The van der Waals surface area contributed by atoms with E-state index in [1.54, 1.807) is 11.8 Å². The van der Waals surface area contributed by atoms with Gasteiger partial charge in [0, 0.05) is 25.4 Å². The molecular formula is C12H21NO2S. The Morgan fingerprint density at radius 2 is 2.38 bits per heavy atom. The van der Waals surface area contributed by atoms with Gasteiger partial charge in [-0.2, -0.15) is 0 Å². The lowest BCUT2D eigenvalue weighted by Crippen LogP contribution is -2.32. The lowest BCUT2D eigenvalue weighted by Gasteiger charge is -2.11. The van der Waals surface area contributed by atoms with Gasteiger partial charge >= 0.3 is 0 Å². The second-order valence-electron chi connectivity index (χ2n) is 4.10. The number of nitrogens with one attached hydrogen (secondary N) is 1. The molecule has 1 aliphatic carbocycles. The molecule has 0 radical (unpaired) electrons. The Labute approximate surface area is 102 Å². The molecule has 0 aromatic carbocycles. The summed E-state index contributed by atoms with van der Waals surface area (Å²) < 4.78 is 5.39. The molecule has 1 aliphatic rings. The van der Waals surface area contributed by atoms with Crippen molar-refractivity contribution in [2.75, 3.05) is 37.8 Å². The first kappa shape index (κ1) is 13.9. The highest BCUT2D eigenvalue weighted by molar-refractivity contribution is 7.99. The van der Waals surface area contributed by atoms with E-state index < -0.39 is 6.10 Å². The van der Waals surface area contributed by atoms with Crippen molar-refractivity contribution in [3.63, 3.8) is 0 Å². The summed E-state index contributed by atoms with van der Waals surface area (Å²) in [6, 6.07) is 0. The van der Waals surface area contributed by atoms with Gasteiger partial charge in [0.25, 0.3) is 0 Å². The van der Waals surface area contributed by atoms with Crippen molar-refractivity contribution in [3.05, 3.63) is 0 Å². The van der Waals surface area contributed by atoms with Crippen LogP contribution in [-0.2, 0) is 4.74 Å². The quantitative estimate of drug-likeness (QED) is 0.438. The molecule has 0 bridgehead atoms. The van der Waals surface area contributed by atoms with Crippen LogP contribution in [0.5, 0.6) is 0 Å². The molecule has 0 aliphatic heterocycles. The Hall–Kier alpha value is -0.210. The molecule has 4 heteroatoms. The zero-order valence-corrected chi connectivity index (χ0v) is 10.5. The van der Waals surface area contributed by atoms with Gasteiger partial charge in [-0.3, -0.25) is 0 Å². The van der Waals surface area contributed by atoms with Gasteiger partial charge in [-0.05, 0) is 18.8 Å². The highest BCUT2D eigenvalue weighted by Gasteiger charge is 2.21. The van der Waals surface area contributed by atoms with Gasteiger partial charge in [-0.25, -0.2) is 0 Å². The fraction of sp³-hybridized carbons (Fsp3) is 0.833. The van der Waals surface area contributed by atoms with E-state index in [-0.39, 0.29) is 0 Å². The number of terminal acetylenes is 1. The van der Waals surface area contributed by atoms with Gasteiger partial charge in [0.05, 0.1) is 18.5 Å². The Kier molecular flexibility index (Phi) is 7.69. The van der Waals surface area contributed by atoms with E-state index in [9.17, 15) is 5.11 Å². The van der Waals surface area contributed by atoms with Gasteiger partial charge < -0.3 is 15.2 Å². The van der Waals surface area contributed by atoms with Gasteiger partial charge in [0.15, 0.2) is 0 Å². The average Bonchev–Trinajstić information content (AvgIpc) is 3.07. The van der Waals surface area contributed by atoms with Gasteiger partial charge in [0.2, 0.25) is 0 Å². The van der Waals surface area contributed by atoms with Crippen molar-refractivity contribution in [1.29, 1.82) is 0 Å². The minimum atomic E-state index is -0.392. The molecule has 0 aromatic rings. The summed E-state index contributed by atoms with van der Waals surface area (Å²) in [6.07, 6.45) is 7.32. The Morgan fingerprint density at radius 3 is 3.06 bits per heavy atom. The van der Waals surface area contributed by atoms with Crippen molar-refractivity contribution in [2.24, 2.45) is 5.92 Å². The summed E-state index contributed by atoms with van der Waals surface area (Å²) in [5.41, 5.74) is 0. The van der Waals surface area contributed by atoms with Gasteiger partial charge in [0.1, 0.15) is 0 Å². The molecule has 16 heavy (non-hydrogen) atoms. The van der Waals surface area contributed by atoms with Gasteiger partial charge in [-0.1, -0.05) is 5.92 Å². The molecule has 2 N–H and O–H groups in total. The fourth-order valence-corrected chi connectivity index (χ4v) is 1.81. The van der Waals surface area contributed by atoms with Crippen molar-refractivity contribution >= 4 is 11.8 Å². The monoisotopic (exact) mass is 243 g/mol. The van der Waals surface area contributed by atoms with E-state index in [0.717, 1.165) is 30.6 Å². The molecule has 3 nitrogen and oxygen atoms in total. The molecule has 1 saturated carbocycles. The normalized spacial score (nSPS) is 17.0. The predicted octanol–water partition coefficient (Wildman–Crippen LogP) is 0.730.